The van der Waals surface area contributed by atoms with Gasteiger partial charge in [-0.3, -0.25) is 0 Å². The maximum Gasteiger partial charge on any atom is 0.227 e. The highest BCUT2D eigenvalue weighted by atomic mass is 35.5. The van der Waals surface area contributed by atoms with Crippen LogP contribution in [-0.2, 0) is 0 Å². The summed E-state index contributed by atoms with van der Waals surface area (Å²) in [5.41, 5.74) is 3.87. The third-order valence-corrected chi connectivity index (χ3v) is 4.19. The summed E-state index contributed by atoms with van der Waals surface area (Å²) in [6.07, 6.45) is -0.739. The second kappa shape index (κ2) is 6.11. The van der Waals surface area contributed by atoms with Gasteiger partial charge in [-0.2, -0.15) is 0 Å². The zero-order valence-corrected chi connectivity index (χ0v) is 13.4. The van der Waals surface area contributed by atoms with E-state index in [-0.39, 0.29) is 0 Å². The van der Waals surface area contributed by atoms with Gasteiger partial charge in [-0.15, -0.1) is 0 Å². The van der Waals surface area contributed by atoms with Crippen molar-refractivity contribution < 1.29 is 9.52 Å². The Hall–Kier alpha value is -2.62. The van der Waals surface area contributed by atoms with Crippen LogP contribution >= 0.6 is 11.6 Å². The van der Waals surface area contributed by atoms with Crippen LogP contribution in [-0.4, -0.2) is 10.1 Å². The summed E-state index contributed by atoms with van der Waals surface area (Å²) < 4.78 is 5.86. The van der Waals surface area contributed by atoms with Gasteiger partial charge in [0.25, 0.3) is 0 Å². The highest BCUT2D eigenvalue weighted by molar-refractivity contribution is 6.30. The Kier molecular flexibility index (Phi) is 3.81. The van der Waals surface area contributed by atoms with Crippen molar-refractivity contribution in [2.75, 3.05) is 0 Å². The van der Waals surface area contributed by atoms with Gasteiger partial charge in [-0.05, 0) is 47.5 Å². The fraction of sp³-hybridized carbons (Fsp3) is 0.0500. The quantitative estimate of drug-likeness (QED) is 0.557. The summed E-state index contributed by atoms with van der Waals surface area (Å²) in [7, 11) is 0. The van der Waals surface area contributed by atoms with E-state index in [0.717, 1.165) is 22.2 Å². The average Bonchev–Trinajstić information content (AvgIpc) is 3.06. The first-order chi connectivity index (χ1) is 11.7. The van der Waals surface area contributed by atoms with Crippen LogP contribution in [0.1, 0.15) is 17.2 Å². The molecule has 1 unspecified atom stereocenters. The van der Waals surface area contributed by atoms with Crippen LogP contribution in [0.4, 0.5) is 0 Å². The summed E-state index contributed by atoms with van der Waals surface area (Å²) in [6, 6.07) is 22.4. The molecule has 0 saturated carbocycles. The maximum absolute atomic E-state index is 10.6. The minimum atomic E-state index is -0.739. The number of nitrogens with zero attached hydrogens (tertiary/aromatic N) is 1. The van der Waals surface area contributed by atoms with E-state index in [1.165, 1.54) is 0 Å². The number of aromatic nitrogens is 1. The van der Waals surface area contributed by atoms with Crippen molar-refractivity contribution in [3.05, 3.63) is 88.9 Å². The van der Waals surface area contributed by atoms with Crippen LogP contribution in [0.2, 0.25) is 5.02 Å². The molecule has 118 valence electrons. The molecule has 0 aliphatic carbocycles. The van der Waals surface area contributed by atoms with E-state index in [1.807, 2.05) is 60.7 Å². The van der Waals surface area contributed by atoms with Gasteiger partial charge in [0.1, 0.15) is 11.6 Å². The van der Waals surface area contributed by atoms with E-state index in [9.17, 15) is 5.11 Å². The second-order valence-electron chi connectivity index (χ2n) is 5.57. The molecule has 0 aliphatic rings. The van der Waals surface area contributed by atoms with Crippen LogP contribution < -0.4 is 0 Å². The molecular weight excluding hydrogens is 322 g/mol. The predicted molar refractivity (Wildman–Crippen MR) is 95.0 cm³/mol. The first-order valence-corrected chi connectivity index (χ1v) is 7.98. The molecule has 1 N–H and O–H groups in total. The van der Waals surface area contributed by atoms with E-state index in [1.54, 1.807) is 12.1 Å². The highest BCUT2D eigenvalue weighted by Crippen LogP contribution is 2.29. The Morgan fingerprint density at radius 3 is 2.33 bits per heavy atom. The van der Waals surface area contributed by atoms with Crippen LogP contribution in [0.5, 0.6) is 0 Å². The fourth-order valence-electron chi connectivity index (χ4n) is 2.65. The molecule has 4 aromatic rings. The number of rotatable bonds is 3. The summed E-state index contributed by atoms with van der Waals surface area (Å²) in [5.74, 6) is 0.573. The first-order valence-electron chi connectivity index (χ1n) is 7.60. The number of fused-ring (bicyclic) bond motifs is 1. The largest absolute Gasteiger partial charge is 0.436 e. The summed E-state index contributed by atoms with van der Waals surface area (Å²) >= 11 is 5.90. The third kappa shape index (κ3) is 2.80. The number of hydrogen-bond donors (Lipinski definition) is 1. The molecule has 0 amide bonds. The van der Waals surface area contributed by atoms with Crippen LogP contribution in [0.3, 0.4) is 0 Å². The molecule has 0 aliphatic heterocycles. The van der Waals surface area contributed by atoms with Gasteiger partial charge in [0.15, 0.2) is 5.58 Å². The molecule has 0 bridgehead atoms. The number of oxazole rings is 1. The van der Waals surface area contributed by atoms with Crippen molar-refractivity contribution >= 4 is 22.7 Å². The molecule has 4 rings (SSSR count). The lowest BCUT2D eigenvalue weighted by Crippen LogP contribution is -1.98. The van der Waals surface area contributed by atoms with Gasteiger partial charge < -0.3 is 9.52 Å². The van der Waals surface area contributed by atoms with Crippen molar-refractivity contribution in [1.29, 1.82) is 0 Å². The predicted octanol–water partition coefficient (Wildman–Crippen LogP) is 5.23. The Bertz CT molecular complexity index is 978. The number of benzene rings is 3. The van der Waals surface area contributed by atoms with Gasteiger partial charge >= 0.3 is 0 Å². The number of hydrogen-bond acceptors (Lipinski definition) is 3. The lowest BCUT2D eigenvalue weighted by Gasteiger charge is -2.11. The van der Waals surface area contributed by atoms with Crippen LogP contribution in [0.25, 0.3) is 22.6 Å². The lowest BCUT2D eigenvalue weighted by molar-refractivity contribution is 0.220. The Labute approximate surface area is 144 Å². The zero-order chi connectivity index (χ0) is 16.5. The monoisotopic (exact) mass is 335 g/mol. The van der Waals surface area contributed by atoms with Gasteiger partial charge in [0.2, 0.25) is 5.89 Å². The average molecular weight is 336 g/mol. The van der Waals surface area contributed by atoms with E-state index < -0.39 is 6.10 Å². The summed E-state index contributed by atoms with van der Waals surface area (Å²) in [5, 5.41) is 11.2. The van der Waals surface area contributed by atoms with Crippen LogP contribution in [0.15, 0.2) is 77.2 Å². The third-order valence-electron chi connectivity index (χ3n) is 3.93. The maximum atomic E-state index is 10.6. The van der Waals surface area contributed by atoms with E-state index in [0.29, 0.717) is 16.5 Å². The number of aliphatic hydroxyl groups excluding tert-OH is 1. The Balaban J connectivity index is 1.71. The van der Waals surface area contributed by atoms with Crippen molar-refractivity contribution in [2.45, 2.75) is 6.10 Å². The number of aliphatic hydroxyl groups is 1. The normalized spacial score (nSPS) is 12.4. The molecule has 0 fully saturated rings. The topological polar surface area (TPSA) is 46.3 Å². The van der Waals surface area contributed by atoms with Gasteiger partial charge in [0.05, 0.1) is 0 Å². The minimum absolute atomic E-state index is 0.573. The van der Waals surface area contributed by atoms with Crippen molar-refractivity contribution in [3.8, 4) is 11.5 Å². The minimum Gasteiger partial charge on any atom is -0.436 e. The Morgan fingerprint density at radius 1 is 0.875 bits per heavy atom. The van der Waals surface area contributed by atoms with Gasteiger partial charge in [-0.1, -0.05) is 48.0 Å². The second-order valence-corrected chi connectivity index (χ2v) is 6.00. The molecule has 3 aromatic carbocycles. The summed E-state index contributed by atoms with van der Waals surface area (Å²) in [4.78, 5) is 4.50. The molecule has 24 heavy (non-hydrogen) atoms. The zero-order valence-electron chi connectivity index (χ0n) is 12.7. The smallest absolute Gasteiger partial charge is 0.227 e. The van der Waals surface area contributed by atoms with E-state index >= 15 is 0 Å². The highest BCUT2D eigenvalue weighted by Gasteiger charge is 2.14. The standard InChI is InChI=1S/C20H14ClNO2/c21-16-9-6-13(7-10-16)19(23)15-8-11-17-18(12-15)24-20(22-17)14-4-2-1-3-5-14/h1-12,19,23H. The van der Waals surface area contributed by atoms with E-state index in [4.69, 9.17) is 16.0 Å². The molecule has 0 radical (unpaired) electrons. The first kappa shape index (κ1) is 14.9. The Morgan fingerprint density at radius 2 is 1.58 bits per heavy atom. The van der Waals surface area contributed by atoms with Crippen molar-refractivity contribution in [2.24, 2.45) is 0 Å². The number of halogens is 1. The molecular formula is C20H14ClNO2. The van der Waals surface area contributed by atoms with Crippen molar-refractivity contribution in [1.82, 2.24) is 4.98 Å². The molecule has 3 nitrogen and oxygen atoms in total. The van der Waals surface area contributed by atoms with Crippen molar-refractivity contribution in [3.63, 3.8) is 0 Å². The molecule has 0 spiro atoms. The van der Waals surface area contributed by atoms with Gasteiger partial charge in [-0.25, -0.2) is 4.98 Å². The molecule has 1 atom stereocenters. The lowest BCUT2D eigenvalue weighted by atomic mass is 10.0. The SMILES string of the molecule is OC(c1ccc(Cl)cc1)c1ccc2nc(-c3ccccc3)oc2c1. The molecule has 1 aromatic heterocycles. The summed E-state index contributed by atoms with van der Waals surface area (Å²) in [6.45, 7) is 0. The van der Waals surface area contributed by atoms with E-state index in [2.05, 4.69) is 4.98 Å². The molecule has 0 saturated heterocycles. The van der Waals surface area contributed by atoms with Gasteiger partial charge in [0, 0.05) is 10.6 Å². The van der Waals surface area contributed by atoms with Crippen LogP contribution in [0, 0.1) is 0 Å². The molecule has 1 heterocycles. The fourth-order valence-corrected chi connectivity index (χ4v) is 2.78. The molecule has 4 heteroatoms.